The van der Waals surface area contributed by atoms with Crippen LogP contribution < -0.4 is 0 Å². The molecule has 0 spiro atoms. The summed E-state index contributed by atoms with van der Waals surface area (Å²) >= 11 is 0. The second kappa shape index (κ2) is 7.77. The Hall–Kier alpha value is -1.85. The first kappa shape index (κ1) is 23.4. The van der Waals surface area contributed by atoms with E-state index in [4.69, 9.17) is 9.47 Å². The number of carboxylic acid groups (broad SMARTS) is 1. The van der Waals surface area contributed by atoms with Crippen LogP contribution in [0.2, 0.25) is 0 Å². The summed E-state index contributed by atoms with van der Waals surface area (Å²) in [5.74, 6) is -2.18. The van der Waals surface area contributed by atoms with Gasteiger partial charge < -0.3 is 14.6 Å². The first-order valence-corrected chi connectivity index (χ1v) is 10.5. The lowest BCUT2D eigenvalue weighted by Gasteiger charge is -2.55. The maximum absolute atomic E-state index is 12.7. The van der Waals surface area contributed by atoms with E-state index in [2.05, 4.69) is 12.2 Å². The Morgan fingerprint density at radius 3 is 1.62 bits per heavy atom. The number of carbonyl (C=O) groups excluding carboxylic acids is 2. The average Bonchev–Trinajstić information content (AvgIpc) is 2.60. The third kappa shape index (κ3) is 4.51. The van der Waals surface area contributed by atoms with Gasteiger partial charge in [0, 0.05) is 11.8 Å². The van der Waals surface area contributed by atoms with Crippen LogP contribution in [0.1, 0.15) is 68.2 Å². The molecule has 29 heavy (non-hydrogen) atoms. The van der Waals surface area contributed by atoms with Crippen molar-refractivity contribution in [2.75, 3.05) is 0 Å². The summed E-state index contributed by atoms with van der Waals surface area (Å²) in [4.78, 5) is 36.5. The molecule has 0 aromatic rings. The van der Waals surface area contributed by atoms with E-state index in [0.717, 1.165) is 12.8 Å². The minimum atomic E-state index is -1.63. The number of hydrogen-bond acceptors (Lipinski definition) is 5. The quantitative estimate of drug-likeness (QED) is 0.385. The zero-order valence-corrected chi connectivity index (χ0v) is 18.9. The second-order valence-corrected chi connectivity index (χ2v) is 10.4. The minimum Gasteiger partial charge on any atom is -0.480 e. The summed E-state index contributed by atoms with van der Waals surface area (Å²) in [5, 5.41) is 9.39. The summed E-state index contributed by atoms with van der Waals surface area (Å²) in [6.45, 7) is 13.9. The first-order chi connectivity index (χ1) is 13.1. The number of fused-ring (bicyclic) bond motifs is 2. The zero-order valence-electron chi connectivity index (χ0n) is 18.9. The second-order valence-electron chi connectivity index (χ2n) is 10.4. The molecule has 0 saturated heterocycles. The van der Waals surface area contributed by atoms with Gasteiger partial charge >= 0.3 is 17.9 Å². The molecule has 164 valence electrons. The highest BCUT2D eigenvalue weighted by atomic mass is 16.6. The van der Waals surface area contributed by atoms with Gasteiger partial charge in [-0.25, -0.2) is 0 Å². The predicted molar refractivity (Wildman–Crippen MR) is 109 cm³/mol. The third-order valence-electron chi connectivity index (χ3n) is 6.59. The molecule has 2 bridgehead atoms. The molecule has 6 heteroatoms. The maximum atomic E-state index is 12.7. The van der Waals surface area contributed by atoms with Gasteiger partial charge in [0.1, 0.15) is 11.2 Å². The topological polar surface area (TPSA) is 89.9 Å². The van der Waals surface area contributed by atoms with Crippen molar-refractivity contribution in [3.05, 3.63) is 12.2 Å². The van der Waals surface area contributed by atoms with E-state index < -0.39 is 28.6 Å². The van der Waals surface area contributed by atoms with E-state index in [9.17, 15) is 19.5 Å². The maximum Gasteiger partial charge on any atom is 0.323 e. The molecule has 3 aliphatic carbocycles. The molecule has 0 aromatic heterocycles. The molecule has 4 atom stereocenters. The van der Waals surface area contributed by atoms with Crippen LogP contribution in [0.4, 0.5) is 0 Å². The van der Waals surface area contributed by atoms with Gasteiger partial charge in [-0.05, 0) is 66.2 Å². The smallest absolute Gasteiger partial charge is 0.323 e. The fourth-order valence-electron chi connectivity index (χ4n) is 4.86. The fourth-order valence-corrected chi connectivity index (χ4v) is 4.86. The SMILES string of the molecule is CC(C)C(=O)OC(C)(C)C1C2C=CC(CC2)C1C(C)(C)OC(=O)C(C)(C)C(=O)O. The fraction of sp³-hybridized carbons (Fsp3) is 0.783. The van der Waals surface area contributed by atoms with E-state index in [-0.39, 0.29) is 35.6 Å². The Bertz CT molecular complexity index is 700. The molecule has 0 amide bonds. The number of ether oxygens (including phenoxy) is 2. The van der Waals surface area contributed by atoms with Gasteiger partial charge in [0.05, 0.1) is 5.92 Å². The molecule has 1 N–H and O–H groups in total. The normalized spacial score (nSPS) is 27.1. The first-order valence-electron chi connectivity index (χ1n) is 10.5. The van der Waals surface area contributed by atoms with Crippen LogP contribution in [0.5, 0.6) is 0 Å². The predicted octanol–water partition coefficient (Wildman–Crippen LogP) is 4.23. The lowest BCUT2D eigenvalue weighted by molar-refractivity contribution is -0.201. The molecule has 1 saturated carbocycles. The van der Waals surface area contributed by atoms with E-state index >= 15 is 0 Å². The molecule has 3 rings (SSSR count). The third-order valence-corrected chi connectivity index (χ3v) is 6.59. The number of esters is 2. The Kier molecular flexibility index (Phi) is 6.27. The van der Waals surface area contributed by atoms with E-state index in [1.807, 2.05) is 41.5 Å². The number of allylic oxidation sites excluding steroid dienone is 2. The van der Waals surface area contributed by atoms with Crippen LogP contribution in [-0.2, 0) is 23.9 Å². The van der Waals surface area contributed by atoms with E-state index in [1.165, 1.54) is 13.8 Å². The number of aliphatic carboxylic acids is 1. The lowest BCUT2D eigenvalue weighted by atomic mass is 9.54. The Balaban J connectivity index is 2.37. The molecule has 1 fully saturated rings. The van der Waals surface area contributed by atoms with Crippen LogP contribution in [0.15, 0.2) is 12.2 Å². The van der Waals surface area contributed by atoms with Crippen LogP contribution in [0.25, 0.3) is 0 Å². The highest BCUT2D eigenvalue weighted by molar-refractivity contribution is 5.98. The van der Waals surface area contributed by atoms with Gasteiger partial charge in [-0.3, -0.25) is 14.4 Å². The van der Waals surface area contributed by atoms with Crippen LogP contribution >= 0.6 is 0 Å². The molecule has 0 aromatic carbocycles. The van der Waals surface area contributed by atoms with E-state index in [1.54, 1.807) is 0 Å². The number of carboxylic acids is 1. The molecular weight excluding hydrogens is 372 g/mol. The van der Waals surface area contributed by atoms with Crippen molar-refractivity contribution >= 4 is 17.9 Å². The van der Waals surface area contributed by atoms with Crippen molar-refractivity contribution < 1.29 is 29.0 Å². The van der Waals surface area contributed by atoms with Gasteiger partial charge in [-0.15, -0.1) is 0 Å². The molecule has 0 radical (unpaired) electrons. The van der Waals surface area contributed by atoms with Gasteiger partial charge in [-0.2, -0.15) is 0 Å². The van der Waals surface area contributed by atoms with Crippen LogP contribution in [-0.4, -0.2) is 34.2 Å². The number of carbonyl (C=O) groups is 3. The highest BCUT2D eigenvalue weighted by Crippen LogP contribution is 2.54. The van der Waals surface area contributed by atoms with Crippen molar-refractivity contribution in [1.82, 2.24) is 0 Å². The molecule has 0 aliphatic heterocycles. The Morgan fingerprint density at radius 1 is 0.862 bits per heavy atom. The van der Waals surface area contributed by atoms with Crippen LogP contribution in [0, 0.1) is 35.0 Å². The minimum absolute atomic E-state index is 0.0373. The van der Waals surface area contributed by atoms with Crippen molar-refractivity contribution in [3.8, 4) is 0 Å². The highest BCUT2D eigenvalue weighted by Gasteiger charge is 2.56. The molecule has 0 heterocycles. The average molecular weight is 409 g/mol. The standard InChI is InChI=1S/C23H36O6/c1-13(2)18(24)28-22(5,6)16-14-9-11-15(12-10-14)17(16)23(7,8)29-20(27)21(3,4)19(25)26/h9,11,13-17H,10,12H2,1-8H3,(H,25,26). The van der Waals surface area contributed by atoms with Crippen molar-refractivity contribution in [3.63, 3.8) is 0 Å². The van der Waals surface area contributed by atoms with Gasteiger partial charge in [0.25, 0.3) is 0 Å². The molecule has 3 aliphatic rings. The summed E-state index contributed by atoms with van der Waals surface area (Å²) < 4.78 is 11.8. The zero-order chi connectivity index (χ0) is 22.4. The van der Waals surface area contributed by atoms with E-state index in [0.29, 0.717) is 0 Å². The summed E-state index contributed by atoms with van der Waals surface area (Å²) in [6, 6.07) is 0. The summed E-state index contributed by atoms with van der Waals surface area (Å²) in [7, 11) is 0. The molecule has 4 unspecified atom stereocenters. The van der Waals surface area contributed by atoms with Crippen molar-refractivity contribution in [1.29, 1.82) is 0 Å². The Labute approximate surface area is 174 Å². The van der Waals surface area contributed by atoms with Crippen LogP contribution in [0.3, 0.4) is 0 Å². The molecular formula is C23H36O6. The largest absolute Gasteiger partial charge is 0.480 e. The number of rotatable bonds is 7. The summed E-state index contributed by atoms with van der Waals surface area (Å²) in [5.41, 5.74) is -3.29. The lowest BCUT2D eigenvalue weighted by Crippen LogP contribution is -2.58. The monoisotopic (exact) mass is 408 g/mol. The van der Waals surface area contributed by atoms with Gasteiger partial charge in [0.2, 0.25) is 0 Å². The van der Waals surface area contributed by atoms with Crippen molar-refractivity contribution in [2.24, 2.45) is 35.0 Å². The summed E-state index contributed by atoms with van der Waals surface area (Å²) in [6.07, 6.45) is 6.34. The number of hydrogen-bond donors (Lipinski definition) is 1. The molecule has 6 nitrogen and oxygen atoms in total. The van der Waals surface area contributed by atoms with Gasteiger partial charge in [0.15, 0.2) is 5.41 Å². The Morgan fingerprint density at radius 2 is 1.28 bits per heavy atom. The van der Waals surface area contributed by atoms with Gasteiger partial charge in [-0.1, -0.05) is 26.0 Å². The van der Waals surface area contributed by atoms with Crippen molar-refractivity contribution in [2.45, 2.75) is 79.4 Å².